The van der Waals surface area contributed by atoms with Crippen LogP contribution in [0.4, 0.5) is 0 Å². The number of hydrogen-bond donors (Lipinski definition) is 1. The summed E-state index contributed by atoms with van der Waals surface area (Å²) in [4.78, 5) is 125. The van der Waals surface area contributed by atoms with E-state index in [1.165, 1.54) is 86.6 Å². The highest BCUT2D eigenvalue weighted by Crippen LogP contribution is 2.21. The average molecular weight is 1050 g/mol. The van der Waals surface area contributed by atoms with Crippen LogP contribution in [-0.4, -0.2) is 113 Å². The Hall–Kier alpha value is -9.61. The summed E-state index contributed by atoms with van der Waals surface area (Å²) in [5.74, 6) is -3.58. The summed E-state index contributed by atoms with van der Waals surface area (Å²) in [5.41, 5.74) is 1.21. The van der Waals surface area contributed by atoms with Crippen molar-refractivity contribution in [3.63, 3.8) is 0 Å². The van der Waals surface area contributed by atoms with Crippen LogP contribution in [0.3, 0.4) is 0 Å². The van der Waals surface area contributed by atoms with E-state index < -0.39 is 95.0 Å². The zero-order valence-electron chi connectivity index (χ0n) is 37.9. The van der Waals surface area contributed by atoms with E-state index in [0.29, 0.717) is 16.9 Å². The van der Waals surface area contributed by atoms with Gasteiger partial charge < -0.3 is 57.6 Å². The molecule has 0 heterocycles. The molecule has 30 nitrogen and oxygen atoms in total. The standard InChI is InChI=1S/C21H20N2O13.C11H12N2O9.C10H9ClO4/c1-14(24)35-19-5-3-2-4-18(19)21(26)33-13-32-20(25)10-15-6-8-16(9-7-15)31-11-17(36-23(29)30)12-34-22(27)28;14-11(15)5-8-1-3-9(4-2-8)20-6-10(22-13(18)19)7-21-12(16)17;1-7(12)15-9-5-3-2-4-8(9)10(13)14-6-11/h2-9,17H,10-13H2,1H3;1-4,10H,5-7H2,(H,14,15);2-5H,6H2,1H3. The number of nitrogens with zero attached hydrogens (tertiary/aromatic N) is 4. The Balaban J connectivity index is 0.000000417. The molecular weight excluding hydrogens is 1010 g/mol. The first-order chi connectivity index (χ1) is 34.6. The molecule has 0 bridgehead atoms. The largest absolute Gasteiger partial charge is 0.491 e. The molecule has 73 heavy (non-hydrogen) atoms. The summed E-state index contributed by atoms with van der Waals surface area (Å²) in [7, 11) is 0. The van der Waals surface area contributed by atoms with E-state index in [1.54, 1.807) is 24.3 Å². The van der Waals surface area contributed by atoms with Crippen molar-refractivity contribution in [3.05, 3.63) is 160 Å². The zero-order valence-corrected chi connectivity index (χ0v) is 38.6. The van der Waals surface area contributed by atoms with Crippen LogP contribution in [0.15, 0.2) is 97.1 Å². The highest BCUT2D eigenvalue weighted by Gasteiger charge is 2.20. The van der Waals surface area contributed by atoms with Gasteiger partial charge in [0.1, 0.15) is 60.6 Å². The highest BCUT2D eigenvalue weighted by atomic mass is 35.5. The van der Waals surface area contributed by atoms with Crippen molar-refractivity contribution in [2.24, 2.45) is 0 Å². The molecule has 0 saturated heterocycles. The van der Waals surface area contributed by atoms with Gasteiger partial charge >= 0.3 is 35.8 Å². The molecule has 0 fully saturated rings. The van der Waals surface area contributed by atoms with Gasteiger partial charge in [0.2, 0.25) is 6.79 Å². The van der Waals surface area contributed by atoms with Gasteiger partial charge in [0.15, 0.2) is 18.3 Å². The lowest BCUT2D eigenvalue weighted by molar-refractivity contribution is -0.790. The van der Waals surface area contributed by atoms with Gasteiger partial charge in [-0.25, -0.2) is 9.59 Å². The molecule has 2 atom stereocenters. The van der Waals surface area contributed by atoms with Gasteiger partial charge in [-0.2, -0.15) is 0 Å². The first-order valence-corrected chi connectivity index (χ1v) is 20.6. The van der Waals surface area contributed by atoms with Crippen molar-refractivity contribution < 1.29 is 107 Å². The molecule has 392 valence electrons. The molecule has 1 N–H and O–H groups in total. The average Bonchev–Trinajstić information content (AvgIpc) is 3.31. The highest BCUT2D eigenvalue weighted by molar-refractivity contribution is 6.17. The maximum absolute atomic E-state index is 12.2. The monoisotopic (exact) mass is 1050 g/mol. The predicted molar refractivity (Wildman–Crippen MR) is 237 cm³/mol. The fraction of sp³-hybridized carbons (Fsp3) is 0.286. The van der Waals surface area contributed by atoms with Crippen molar-refractivity contribution in [2.75, 3.05) is 39.3 Å². The van der Waals surface area contributed by atoms with Crippen molar-refractivity contribution in [1.29, 1.82) is 0 Å². The Labute approximate surface area is 414 Å². The van der Waals surface area contributed by atoms with Crippen LogP contribution in [0.25, 0.3) is 0 Å². The SMILES string of the molecule is CC(=O)Oc1ccccc1C(=O)OCCl.CC(=O)Oc1ccccc1C(=O)OCOC(=O)Cc1ccc(OCC(CO[N+](=O)[O-])O[N+](=O)[O-])cc1.O=C(O)Cc1ccc(OCC(CO[N+](=O)[O-])O[N+](=O)[O-])cc1. The van der Waals surface area contributed by atoms with Gasteiger partial charge in [0.25, 0.3) is 20.3 Å². The maximum Gasteiger partial charge on any atom is 0.344 e. The Morgan fingerprint density at radius 3 is 1.30 bits per heavy atom. The molecule has 0 radical (unpaired) electrons. The van der Waals surface area contributed by atoms with Crippen LogP contribution in [0.5, 0.6) is 23.0 Å². The fourth-order valence-electron chi connectivity index (χ4n) is 5.04. The van der Waals surface area contributed by atoms with Gasteiger partial charge in [-0.05, 0) is 59.7 Å². The van der Waals surface area contributed by atoms with E-state index in [2.05, 4.69) is 24.1 Å². The van der Waals surface area contributed by atoms with Gasteiger partial charge in [0.05, 0.1) is 12.8 Å². The van der Waals surface area contributed by atoms with E-state index >= 15 is 0 Å². The Morgan fingerprint density at radius 1 is 0.534 bits per heavy atom. The number of rotatable bonds is 27. The Kier molecular flexibility index (Phi) is 26.3. The topological polar surface area (TPSA) is 397 Å². The summed E-state index contributed by atoms with van der Waals surface area (Å²) in [6.45, 7) is -0.377. The minimum atomic E-state index is -1.34. The first kappa shape index (κ1) is 59.5. The number of carboxylic acids is 1. The normalized spacial score (nSPS) is 10.7. The predicted octanol–water partition coefficient (Wildman–Crippen LogP) is 4.12. The summed E-state index contributed by atoms with van der Waals surface area (Å²) >= 11 is 5.25. The molecule has 0 aliphatic carbocycles. The number of hydrogen-bond acceptors (Lipinski definition) is 25. The van der Waals surface area contributed by atoms with Gasteiger partial charge in [-0.15, -0.1) is 40.5 Å². The second-order valence-electron chi connectivity index (χ2n) is 13.4. The lowest BCUT2D eigenvalue weighted by atomic mass is 10.1. The molecule has 2 unspecified atom stereocenters. The summed E-state index contributed by atoms with van der Waals surface area (Å²) in [6.07, 6.45) is -2.95. The molecule has 31 heteroatoms. The maximum atomic E-state index is 12.2. The summed E-state index contributed by atoms with van der Waals surface area (Å²) in [5, 5.41) is 45.2. The second kappa shape index (κ2) is 32.2. The number of carbonyl (C=O) groups excluding carboxylic acids is 5. The molecule has 0 amide bonds. The number of esters is 5. The van der Waals surface area contributed by atoms with Crippen molar-refractivity contribution in [2.45, 2.75) is 38.9 Å². The third kappa shape index (κ3) is 26.1. The second-order valence-corrected chi connectivity index (χ2v) is 13.6. The molecular formula is C42H41ClN4O26. The van der Waals surface area contributed by atoms with E-state index in [0.717, 1.165) is 0 Å². The van der Waals surface area contributed by atoms with Crippen LogP contribution < -0.4 is 18.9 Å². The minimum Gasteiger partial charge on any atom is -0.491 e. The minimum absolute atomic E-state index is 0.00482. The lowest BCUT2D eigenvalue weighted by Gasteiger charge is -2.15. The van der Waals surface area contributed by atoms with Crippen molar-refractivity contribution >= 4 is 47.4 Å². The number of halogens is 1. The molecule has 4 aromatic carbocycles. The summed E-state index contributed by atoms with van der Waals surface area (Å²) in [6, 6.07) is 23.8. The van der Waals surface area contributed by atoms with Crippen molar-refractivity contribution in [3.8, 4) is 23.0 Å². The van der Waals surface area contributed by atoms with E-state index in [-0.39, 0.29) is 53.9 Å². The number of carbonyl (C=O) groups is 6. The van der Waals surface area contributed by atoms with Crippen LogP contribution in [-0.2, 0) is 65.6 Å². The molecule has 4 aromatic rings. The van der Waals surface area contributed by atoms with Crippen LogP contribution in [0, 0.1) is 40.5 Å². The fourth-order valence-corrected chi connectivity index (χ4v) is 5.14. The van der Waals surface area contributed by atoms with Gasteiger partial charge in [-0.1, -0.05) is 60.1 Å². The molecule has 0 aliphatic rings. The summed E-state index contributed by atoms with van der Waals surface area (Å²) < 4.78 is 34.6. The first-order valence-electron chi connectivity index (χ1n) is 20.1. The third-order valence-electron chi connectivity index (χ3n) is 7.94. The van der Waals surface area contributed by atoms with Crippen molar-refractivity contribution in [1.82, 2.24) is 0 Å². The molecule has 4 rings (SSSR count). The van der Waals surface area contributed by atoms with E-state index in [1.807, 2.05) is 0 Å². The number of carboxylic acid groups (broad SMARTS) is 1. The Morgan fingerprint density at radius 2 is 0.932 bits per heavy atom. The van der Waals surface area contributed by atoms with E-state index in [4.69, 9.17) is 45.1 Å². The molecule has 0 aliphatic heterocycles. The zero-order chi connectivity index (χ0) is 54.3. The number of alkyl halides is 1. The van der Waals surface area contributed by atoms with Gasteiger partial charge in [0, 0.05) is 13.8 Å². The Bertz CT molecular complexity index is 2510. The lowest BCUT2D eigenvalue weighted by Crippen LogP contribution is -2.30. The van der Waals surface area contributed by atoms with E-state index in [9.17, 15) is 69.2 Å². The number of ether oxygens (including phenoxy) is 7. The molecule has 0 spiro atoms. The number of aliphatic carboxylic acids is 1. The van der Waals surface area contributed by atoms with Crippen LogP contribution >= 0.6 is 11.6 Å². The number of benzene rings is 4. The molecule has 0 saturated carbocycles. The van der Waals surface area contributed by atoms with Gasteiger partial charge in [-0.3, -0.25) is 19.2 Å². The number of para-hydroxylation sites is 2. The molecule has 0 aromatic heterocycles. The quantitative estimate of drug-likeness (QED) is 0.0219. The van der Waals surface area contributed by atoms with Crippen LogP contribution in [0.2, 0.25) is 0 Å². The third-order valence-corrected chi connectivity index (χ3v) is 8.05. The smallest absolute Gasteiger partial charge is 0.344 e. The van der Waals surface area contributed by atoms with Crippen LogP contribution in [0.1, 0.15) is 45.7 Å².